The van der Waals surface area contributed by atoms with Crippen molar-refractivity contribution < 1.29 is 26.9 Å². The van der Waals surface area contributed by atoms with Crippen LogP contribution in [-0.2, 0) is 33.0 Å². The molecule has 7 aromatic rings. The van der Waals surface area contributed by atoms with E-state index < -0.39 is 32.9 Å². The zero-order valence-corrected chi connectivity index (χ0v) is 37.1. The number of carbonyl (C=O) groups excluding carboxylic acids is 1. The number of aromatic amines is 1. The van der Waals surface area contributed by atoms with Crippen LogP contribution < -0.4 is 11.4 Å². The third kappa shape index (κ3) is 6.96. The third-order valence-electron chi connectivity index (χ3n) is 13.6. The molecule has 10 rings (SSSR count). The van der Waals surface area contributed by atoms with Crippen LogP contribution in [0.15, 0.2) is 87.2 Å². The van der Waals surface area contributed by atoms with Crippen LogP contribution in [0.5, 0.6) is 0 Å². The second-order valence-electron chi connectivity index (χ2n) is 17.8. The topological polar surface area (TPSA) is 172 Å². The van der Waals surface area contributed by atoms with Gasteiger partial charge in [0, 0.05) is 61.3 Å². The molecule has 15 nitrogen and oxygen atoms in total. The Labute approximate surface area is 368 Å². The molecule has 4 aromatic heterocycles. The molecule has 332 valence electrons. The van der Waals surface area contributed by atoms with Gasteiger partial charge in [-0.25, -0.2) is 27.1 Å². The Morgan fingerprint density at radius 1 is 0.969 bits per heavy atom. The molecule has 3 aromatic carbocycles. The van der Waals surface area contributed by atoms with Gasteiger partial charge in [0.15, 0.2) is 5.82 Å². The molecule has 3 aliphatic rings. The molecule has 1 saturated heterocycles. The van der Waals surface area contributed by atoms with Crippen molar-refractivity contribution in [2.45, 2.75) is 77.3 Å². The number of hydrogen-bond donors (Lipinski definition) is 1. The Kier molecular flexibility index (Phi) is 10.0. The van der Waals surface area contributed by atoms with Crippen LogP contribution in [0.4, 0.5) is 4.39 Å². The normalized spacial score (nSPS) is 20.2. The van der Waals surface area contributed by atoms with Gasteiger partial charge in [0.1, 0.15) is 32.7 Å². The minimum atomic E-state index is -3.21. The average Bonchev–Trinajstić information content (AvgIpc) is 3.77. The van der Waals surface area contributed by atoms with E-state index in [1.807, 2.05) is 28.5 Å². The first kappa shape index (κ1) is 41.7. The molecule has 1 N–H and O–H groups in total. The van der Waals surface area contributed by atoms with Crippen molar-refractivity contribution in [3.63, 3.8) is 0 Å². The average molecular weight is 889 g/mol. The molecule has 1 amide bonds. The van der Waals surface area contributed by atoms with Crippen molar-refractivity contribution in [1.82, 2.24) is 38.5 Å². The summed E-state index contributed by atoms with van der Waals surface area (Å²) in [5, 5.41) is 10.1. The maximum atomic E-state index is 15.5. The van der Waals surface area contributed by atoms with Crippen LogP contribution in [0, 0.1) is 25.6 Å². The highest BCUT2D eigenvalue weighted by Gasteiger charge is 2.59. The van der Waals surface area contributed by atoms with Crippen molar-refractivity contribution in [3.8, 4) is 17.2 Å². The number of H-pyrrole nitrogens is 1. The summed E-state index contributed by atoms with van der Waals surface area (Å²) in [6.45, 7) is 9.07. The van der Waals surface area contributed by atoms with Crippen molar-refractivity contribution in [2.24, 2.45) is 5.92 Å². The molecule has 0 unspecified atom stereocenters. The number of aryl methyl sites for hydroxylation is 3. The number of benzene rings is 3. The molecule has 2 fully saturated rings. The largest absolute Gasteiger partial charge is 0.438 e. The third-order valence-corrected chi connectivity index (χ3v) is 14.5. The molecular weight excluding hydrogens is 840 g/mol. The molecule has 17 heteroatoms. The lowest BCUT2D eigenvalue weighted by atomic mass is 9.91. The van der Waals surface area contributed by atoms with Gasteiger partial charge in [-0.3, -0.25) is 23.4 Å². The molecule has 3 atom stereocenters. The summed E-state index contributed by atoms with van der Waals surface area (Å²) in [5.74, 6) is -0.162. The Hall–Kier alpha value is -6.33. The molecule has 0 radical (unpaired) electrons. The van der Waals surface area contributed by atoms with Crippen LogP contribution in [-0.4, -0.2) is 84.6 Å². The van der Waals surface area contributed by atoms with E-state index in [9.17, 15) is 18.0 Å². The number of amides is 1. The minimum absolute atomic E-state index is 0.0136. The van der Waals surface area contributed by atoms with Gasteiger partial charge in [-0.05, 0) is 123 Å². The summed E-state index contributed by atoms with van der Waals surface area (Å²) in [4.78, 5) is 47.1. The molecule has 1 aliphatic carbocycles. The predicted octanol–water partition coefficient (Wildman–Crippen LogP) is 6.22. The van der Waals surface area contributed by atoms with E-state index in [1.165, 1.54) is 21.0 Å². The Bertz CT molecular complexity index is 3220. The van der Waals surface area contributed by atoms with E-state index in [2.05, 4.69) is 35.3 Å². The molecule has 0 bridgehead atoms. The molecule has 6 heterocycles. The first-order valence-corrected chi connectivity index (χ1v) is 23.8. The standard InChI is InChI=1S/C47H49FN8O7S/c1-27-21-36(22-28(2)41(27)48)56-42(54-17-16-53(46(54)59)35-8-6-7-31(23-35)14-20-64(5,60)61)40-30(4)52(15-11-37(40)50-56)43(57)39-25-34-24-33(32-12-18-62-19-13-32)9-10-38(34)55(39)47(26-29(47)3)44-49-45(58)63-51-44/h6-10,16-17,21-25,29-30,32H,11-15,18-20,26H2,1-5H3,(H,49,51,58)/t29-,30-,47-/m0/s1. The van der Waals surface area contributed by atoms with Crippen LogP contribution in [0.1, 0.15) is 94.9 Å². The molecule has 1 saturated carbocycles. The highest BCUT2D eigenvalue weighted by molar-refractivity contribution is 7.90. The van der Waals surface area contributed by atoms with E-state index in [0.29, 0.717) is 96.0 Å². The van der Waals surface area contributed by atoms with Crippen molar-refractivity contribution in [2.75, 3.05) is 31.8 Å². The molecule has 0 spiro atoms. The van der Waals surface area contributed by atoms with Crippen molar-refractivity contribution >= 4 is 26.6 Å². The lowest BCUT2D eigenvalue weighted by molar-refractivity contribution is 0.0663. The Balaban J connectivity index is 1.10. The summed E-state index contributed by atoms with van der Waals surface area (Å²) >= 11 is 0. The van der Waals surface area contributed by atoms with Crippen LogP contribution in [0.25, 0.3) is 28.1 Å². The van der Waals surface area contributed by atoms with Gasteiger partial charge < -0.3 is 14.2 Å². The minimum Gasteiger partial charge on any atom is -0.381 e. The SMILES string of the molecule is Cc1cc(-n2nc3c(c2-n2ccn(-c4cccc(CCS(C)(=O)=O)c4)c2=O)[C@H](C)N(C(=O)c2cc4cc(C5CCOCC5)ccc4n2[C@@]2(c4noc(=O)[nH]4)C[C@@H]2C)CC3)cc(C)c1F. The lowest BCUT2D eigenvalue weighted by Gasteiger charge is -2.34. The number of rotatable bonds is 10. The lowest BCUT2D eigenvalue weighted by Crippen LogP contribution is -2.41. The van der Waals surface area contributed by atoms with Crippen molar-refractivity contribution in [3.05, 3.63) is 145 Å². The van der Waals surface area contributed by atoms with Crippen LogP contribution in [0.2, 0.25) is 0 Å². The molecular formula is C47H49FN8O7S. The fourth-order valence-corrected chi connectivity index (χ4v) is 10.7. The van der Waals surface area contributed by atoms with Gasteiger partial charge in [-0.15, -0.1) is 0 Å². The highest BCUT2D eigenvalue weighted by Crippen LogP contribution is 2.56. The highest BCUT2D eigenvalue weighted by atomic mass is 32.2. The quantitative estimate of drug-likeness (QED) is 0.167. The number of aromatic nitrogens is 7. The van der Waals surface area contributed by atoms with Gasteiger partial charge in [-0.1, -0.05) is 30.3 Å². The summed E-state index contributed by atoms with van der Waals surface area (Å²) in [6.07, 6.45) is 7.59. The second-order valence-corrected chi connectivity index (χ2v) is 20.1. The first-order valence-electron chi connectivity index (χ1n) is 21.7. The first-order chi connectivity index (χ1) is 30.6. The number of imidazole rings is 1. The van der Waals surface area contributed by atoms with Crippen LogP contribution in [0.3, 0.4) is 0 Å². The summed E-state index contributed by atoms with van der Waals surface area (Å²) in [5.41, 5.74) is 5.26. The Morgan fingerprint density at radius 3 is 2.39 bits per heavy atom. The number of carbonyl (C=O) groups is 1. The monoisotopic (exact) mass is 888 g/mol. The summed E-state index contributed by atoms with van der Waals surface area (Å²) in [7, 11) is -3.21. The fourth-order valence-electron chi connectivity index (χ4n) is 10.1. The Morgan fingerprint density at radius 2 is 1.70 bits per heavy atom. The summed E-state index contributed by atoms with van der Waals surface area (Å²) in [6, 6.07) is 18.3. The van der Waals surface area contributed by atoms with Gasteiger partial charge in [0.2, 0.25) is 0 Å². The number of halogens is 1. The molecule has 64 heavy (non-hydrogen) atoms. The number of fused-ring (bicyclic) bond motifs is 2. The van der Waals surface area contributed by atoms with Gasteiger partial charge in [-0.2, -0.15) is 5.10 Å². The smallest absolute Gasteiger partial charge is 0.381 e. The molecule has 2 aliphatic heterocycles. The summed E-state index contributed by atoms with van der Waals surface area (Å²) < 4.78 is 56.4. The van der Waals surface area contributed by atoms with Gasteiger partial charge in [0.05, 0.1) is 28.9 Å². The van der Waals surface area contributed by atoms with Gasteiger partial charge >= 0.3 is 11.4 Å². The van der Waals surface area contributed by atoms with Crippen LogP contribution >= 0.6 is 0 Å². The maximum Gasteiger partial charge on any atom is 0.438 e. The maximum absolute atomic E-state index is 15.5. The number of sulfone groups is 1. The zero-order chi connectivity index (χ0) is 44.8. The number of nitrogens with zero attached hydrogens (tertiary/aromatic N) is 7. The second kappa shape index (κ2) is 15.4. The van der Waals surface area contributed by atoms with E-state index >= 15 is 9.18 Å². The zero-order valence-electron chi connectivity index (χ0n) is 36.3. The van der Waals surface area contributed by atoms with Gasteiger partial charge in [0.25, 0.3) is 5.91 Å². The van der Waals surface area contributed by atoms with E-state index in [-0.39, 0.29) is 23.4 Å². The number of hydrogen-bond acceptors (Lipinski definition) is 9. The van der Waals surface area contributed by atoms with E-state index in [0.717, 1.165) is 29.3 Å². The number of nitrogens with one attached hydrogen (secondary N) is 1. The fraction of sp³-hybridized carbons (Fsp3) is 0.383. The van der Waals surface area contributed by atoms with Crippen molar-refractivity contribution in [1.29, 1.82) is 0 Å². The van der Waals surface area contributed by atoms with E-state index in [4.69, 9.17) is 14.4 Å². The van der Waals surface area contributed by atoms with E-state index in [1.54, 1.807) is 61.3 Å². The number of ether oxygens (including phenoxy) is 1. The predicted molar refractivity (Wildman–Crippen MR) is 237 cm³/mol.